The Morgan fingerprint density at radius 3 is 2.88 bits per heavy atom. The summed E-state index contributed by atoms with van der Waals surface area (Å²) in [5, 5.41) is 0. The fraction of sp³-hybridized carbons (Fsp3) is 0.385. The van der Waals surface area contributed by atoms with E-state index < -0.39 is 0 Å². The number of rotatable bonds is 3. The summed E-state index contributed by atoms with van der Waals surface area (Å²) < 4.78 is 7.77. The zero-order valence-corrected chi connectivity index (χ0v) is 12.4. The molecule has 0 fully saturated rings. The Morgan fingerprint density at radius 1 is 1.44 bits per heavy atom. The lowest BCUT2D eigenvalue weighted by Crippen LogP contribution is -1.92. The number of hydrogen-bond acceptors (Lipinski definition) is 1. The van der Waals surface area contributed by atoms with Crippen LogP contribution in [0, 0.1) is 0 Å². The monoisotopic (exact) mass is 344 g/mol. The first-order chi connectivity index (χ1) is 7.59. The Bertz CT molecular complexity index is 438. The summed E-state index contributed by atoms with van der Waals surface area (Å²) in [6.45, 7) is 6.81. The van der Waals surface area contributed by atoms with E-state index in [0.29, 0.717) is 0 Å². The van der Waals surface area contributed by atoms with Gasteiger partial charge in [-0.05, 0) is 62.8 Å². The minimum absolute atomic E-state index is 0.796. The van der Waals surface area contributed by atoms with E-state index in [1.165, 1.54) is 16.7 Å². The SMILES string of the molecule is C=C(C)CCc1cc2c(c(Br)c1Br)OCC2. The zero-order valence-electron chi connectivity index (χ0n) is 9.28. The molecule has 2 rings (SSSR count). The van der Waals surface area contributed by atoms with Crippen LogP contribution in [0.2, 0.25) is 0 Å². The Morgan fingerprint density at radius 2 is 2.19 bits per heavy atom. The number of hydrogen-bond donors (Lipinski definition) is 0. The van der Waals surface area contributed by atoms with Crippen molar-refractivity contribution in [2.24, 2.45) is 0 Å². The molecule has 0 saturated carbocycles. The summed E-state index contributed by atoms with van der Waals surface area (Å²) in [4.78, 5) is 0. The Balaban J connectivity index is 2.32. The summed E-state index contributed by atoms with van der Waals surface area (Å²) in [6.07, 6.45) is 3.08. The van der Waals surface area contributed by atoms with E-state index in [4.69, 9.17) is 4.74 Å². The topological polar surface area (TPSA) is 9.23 Å². The Hall–Kier alpha value is -0.280. The van der Waals surface area contributed by atoms with Gasteiger partial charge in [-0.25, -0.2) is 0 Å². The highest BCUT2D eigenvalue weighted by atomic mass is 79.9. The molecule has 0 aliphatic carbocycles. The van der Waals surface area contributed by atoms with Crippen LogP contribution in [0.25, 0.3) is 0 Å². The van der Waals surface area contributed by atoms with Crippen molar-refractivity contribution in [3.8, 4) is 5.75 Å². The smallest absolute Gasteiger partial charge is 0.137 e. The van der Waals surface area contributed by atoms with Crippen molar-refractivity contribution in [2.75, 3.05) is 6.61 Å². The van der Waals surface area contributed by atoms with E-state index in [9.17, 15) is 0 Å². The molecule has 86 valence electrons. The van der Waals surface area contributed by atoms with Gasteiger partial charge in [-0.1, -0.05) is 11.6 Å². The van der Waals surface area contributed by atoms with Gasteiger partial charge in [0.25, 0.3) is 0 Å². The van der Waals surface area contributed by atoms with Crippen LogP contribution in [0.1, 0.15) is 24.5 Å². The molecule has 0 amide bonds. The van der Waals surface area contributed by atoms with Crippen molar-refractivity contribution in [2.45, 2.75) is 26.2 Å². The quantitative estimate of drug-likeness (QED) is 0.724. The number of halogens is 2. The second-order valence-electron chi connectivity index (χ2n) is 4.21. The van der Waals surface area contributed by atoms with Gasteiger partial charge in [0.1, 0.15) is 5.75 Å². The zero-order chi connectivity index (χ0) is 11.7. The van der Waals surface area contributed by atoms with E-state index in [0.717, 1.165) is 40.6 Å². The van der Waals surface area contributed by atoms with Crippen LogP contribution in [-0.4, -0.2) is 6.61 Å². The number of allylic oxidation sites excluding steroid dienone is 1. The molecule has 1 nitrogen and oxygen atoms in total. The molecule has 0 unspecified atom stereocenters. The van der Waals surface area contributed by atoms with Gasteiger partial charge in [-0.15, -0.1) is 6.58 Å². The van der Waals surface area contributed by atoms with E-state index in [2.05, 4.69) is 51.4 Å². The highest BCUT2D eigenvalue weighted by Gasteiger charge is 2.20. The summed E-state index contributed by atoms with van der Waals surface area (Å²) in [6, 6.07) is 2.25. The molecule has 1 aliphatic heterocycles. The third-order valence-corrected chi connectivity index (χ3v) is 4.95. The lowest BCUT2D eigenvalue weighted by atomic mass is 10.0. The molecule has 1 aliphatic rings. The molecule has 0 bridgehead atoms. The van der Waals surface area contributed by atoms with E-state index in [1.807, 2.05) is 0 Å². The molecule has 1 aromatic rings. The van der Waals surface area contributed by atoms with Crippen LogP contribution in [0.3, 0.4) is 0 Å². The largest absolute Gasteiger partial charge is 0.492 e. The molecule has 1 aromatic carbocycles. The lowest BCUT2D eigenvalue weighted by molar-refractivity contribution is 0.354. The first-order valence-corrected chi connectivity index (χ1v) is 6.95. The van der Waals surface area contributed by atoms with Crippen LogP contribution in [-0.2, 0) is 12.8 Å². The molecule has 0 saturated heterocycles. The summed E-state index contributed by atoms with van der Waals surface area (Å²) >= 11 is 7.22. The van der Waals surface area contributed by atoms with E-state index in [1.54, 1.807) is 0 Å². The van der Waals surface area contributed by atoms with Crippen molar-refractivity contribution < 1.29 is 4.74 Å². The standard InChI is InChI=1S/C13H14Br2O/c1-8(2)3-4-9-7-10-5-6-16-13(10)12(15)11(9)14/h7H,1,3-6H2,2H3. The van der Waals surface area contributed by atoms with Gasteiger partial charge in [0.05, 0.1) is 11.1 Å². The van der Waals surface area contributed by atoms with Crippen molar-refractivity contribution in [3.05, 3.63) is 38.3 Å². The highest BCUT2D eigenvalue weighted by Crippen LogP contribution is 2.41. The maximum Gasteiger partial charge on any atom is 0.137 e. The molecule has 0 atom stereocenters. The average molecular weight is 346 g/mol. The molecule has 0 radical (unpaired) electrons. The Labute approximate surface area is 113 Å². The highest BCUT2D eigenvalue weighted by molar-refractivity contribution is 9.13. The predicted octanol–water partition coefficient (Wildman–Crippen LogP) is 4.66. The van der Waals surface area contributed by atoms with Crippen LogP contribution < -0.4 is 4.74 Å². The minimum Gasteiger partial charge on any atom is -0.492 e. The molecule has 1 heterocycles. The fourth-order valence-electron chi connectivity index (χ4n) is 1.86. The second kappa shape index (κ2) is 4.92. The molecule has 0 N–H and O–H groups in total. The number of aryl methyl sites for hydroxylation is 1. The van der Waals surface area contributed by atoms with Crippen molar-refractivity contribution in [3.63, 3.8) is 0 Å². The predicted molar refractivity (Wildman–Crippen MR) is 74.2 cm³/mol. The summed E-state index contributed by atoms with van der Waals surface area (Å²) in [5.74, 6) is 1.01. The first-order valence-electron chi connectivity index (χ1n) is 5.36. The lowest BCUT2D eigenvalue weighted by Gasteiger charge is -2.10. The van der Waals surface area contributed by atoms with Crippen molar-refractivity contribution in [1.29, 1.82) is 0 Å². The third kappa shape index (κ3) is 2.35. The third-order valence-electron chi connectivity index (χ3n) is 2.75. The number of ether oxygens (including phenoxy) is 1. The Kier molecular flexibility index (Phi) is 3.75. The van der Waals surface area contributed by atoms with Gasteiger partial charge >= 0.3 is 0 Å². The molecule has 0 spiro atoms. The molecular weight excluding hydrogens is 332 g/mol. The average Bonchev–Trinajstić information content (AvgIpc) is 2.69. The first kappa shape index (κ1) is 12.2. The van der Waals surface area contributed by atoms with Crippen LogP contribution in [0.5, 0.6) is 5.75 Å². The number of benzene rings is 1. The van der Waals surface area contributed by atoms with Gasteiger partial charge in [-0.2, -0.15) is 0 Å². The van der Waals surface area contributed by atoms with Crippen molar-refractivity contribution in [1.82, 2.24) is 0 Å². The fourth-order valence-corrected chi connectivity index (χ4v) is 2.97. The van der Waals surface area contributed by atoms with Gasteiger partial charge < -0.3 is 4.74 Å². The van der Waals surface area contributed by atoms with Gasteiger partial charge in [-0.3, -0.25) is 0 Å². The molecule has 16 heavy (non-hydrogen) atoms. The maximum atomic E-state index is 5.60. The van der Waals surface area contributed by atoms with E-state index in [-0.39, 0.29) is 0 Å². The van der Waals surface area contributed by atoms with Crippen LogP contribution >= 0.6 is 31.9 Å². The van der Waals surface area contributed by atoms with Crippen LogP contribution in [0.4, 0.5) is 0 Å². The summed E-state index contributed by atoms with van der Waals surface area (Å²) in [7, 11) is 0. The van der Waals surface area contributed by atoms with Gasteiger partial charge in [0.2, 0.25) is 0 Å². The molecule has 3 heteroatoms. The van der Waals surface area contributed by atoms with Crippen molar-refractivity contribution >= 4 is 31.9 Å². The normalized spacial score (nSPS) is 13.4. The van der Waals surface area contributed by atoms with Gasteiger partial charge in [0.15, 0.2) is 0 Å². The minimum atomic E-state index is 0.796. The second-order valence-corrected chi connectivity index (χ2v) is 5.79. The molecule has 0 aromatic heterocycles. The van der Waals surface area contributed by atoms with Crippen LogP contribution in [0.15, 0.2) is 27.2 Å². The van der Waals surface area contributed by atoms with E-state index >= 15 is 0 Å². The maximum absolute atomic E-state index is 5.60. The number of fused-ring (bicyclic) bond motifs is 1. The van der Waals surface area contributed by atoms with Gasteiger partial charge in [0, 0.05) is 10.9 Å². The summed E-state index contributed by atoms with van der Waals surface area (Å²) in [5.41, 5.74) is 3.87. The molecular formula is C13H14Br2O.